The van der Waals surface area contributed by atoms with Crippen molar-refractivity contribution in [2.45, 2.75) is 44.6 Å². The van der Waals surface area contributed by atoms with Crippen LogP contribution in [-0.2, 0) is 5.54 Å². The Labute approximate surface area is 83.2 Å². The minimum Gasteiger partial charge on any atom is -0.319 e. The maximum atomic E-state index is 6.34. The second kappa shape index (κ2) is 3.39. The van der Waals surface area contributed by atoms with E-state index in [0.717, 1.165) is 17.8 Å². The molecular weight excluding hydrogens is 180 g/mol. The van der Waals surface area contributed by atoms with Gasteiger partial charge in [0.1, 0.15) is 5.01 Å². The maximum Gasteiger partial charge on any atom is 0.113 e. The van der Waals surface area contributed by atoms with E-state index in [1.807, 2.05) is 6.20 Å². The third-order valence-corrected chi connectivity index (χ3v) is 3.93. The summed E-state index contributed by atoms with van der Waals surface area (Å²) in [6.45, 7) is 2.09. The topological polar surface area (TPSA) is 38.9 Å². The van der Waals surface area contributed by atoms with Crippen LogP contribution in [0.3, 0.4) is 0 Å². The normalized spacial score (nSPS) is 21.7. The molecule has 1 aliphatic carbocycles. The van der Waals surface area contributed by atoms with Crippen molar-refractivity contribution in [1.82, 2.24) is 4.98 Å². The lowest BCUT2D eigenvalue weighted by Crippen LogP contribution is -2.38. The number of nitrogens with zero attached hydrogens (tertiary/aromatic N) is 1. The van der Waals surface area contributed by atoms with Crippen LogP contribution in [0.4, 0.5) is 0 Å². The molecule has 0 aliphatic heterocycles. The lowest BCUT2D eigenvalue weighted by molar-refractivity contribution is 0.301. The molecule has 1 saturated carbocycles. The molecule has 2 N–H and O–H groups in total. The number of hydrogen-bond donors (Lipinski definition) is 1. The van der Waals surface area contributed by atoms with E-state index < -0.39 is 0 Å². The molecule has 0 aromatic carbocycles. The molecule has 3 heteroatoms. The Morgan fingerprint density at radius 2 is 2.08 bits per heavy atom. The molecule has 1 heterocycles. The van der Waals surface area contributed by atoms with Crippen LogP contribution in [0.15, 0.2) is 6.20 Å². The second-order valence-corrected chi connectivity index (χ2v) is 5.23. The average molecular weight is 196 g/mol. The van der Waals surface area contributed by atoms with Gasteiger partial charge in [-0.2, -0.15) is 0 Å². The molecule has 1 aliphatic rings. The molecular formula is C10H16N2S. The fourth-order valence-electron chi connectivity index (χ4n) is 1.98. The molecule has 1 fully saturated rings. The third kappa shape index (κ3) is 1.76. The van der Waals surface area contributed by atoms with Gasteiger partial charge in [0, 0.05) is 11.1 Å². The van der Waals surface area contributed by atoms with Gasteiger partial charge in [0.15, 0.2) is 0 Å². The summed E-state index contributed by atoms with van der Waals surface area (Å²) in [6.07, 6.45) is 8.01. The van der Waals surface area contributed by atoms with Gasteiger partial charge in [-0.15, -0.1) is 11.3 Å². The Hall–Kier alpha value is -0.410. The molecule has 13 heavy (non-hydrogen) atoms. The molecule has 0 amide bonds. The van der Waals surface area contributed by atoms with Crippen molar-refractivity contribution >= 4 is 11.3 Å². The van der Waals surface area contributed by atoms with Crippen LogP contribution >= 0.6 is 11.3 Å². The van der Waals surface area contributed by atoms with Gasteiger partial charge in [-0.05, 0) is 19.8 Å². The van der Waals surface area contributed by atoms with E-state index in [1.165, 1.54) is 24.1 Å². The van der Waals surface area contributed by atoms with Gasteiger partial charge < -0.3 is 5.73 Å². The highest BCUT2D eigenvalue weighted by Gasteiger charge is 2.31. The Morgan fingerprint density at radius 1 is 1.38 bits per heavy atom. The number of rotatable bonds is 1. The molecule has 1 aromatic rings. The van der Waals surface area contributed by atoms with Crippen molar-refractivity contribution in [2.75, 3.05) is 0 Å². The monoisotopic (exact) mass is 196 g/mol. The van der Waals surface area contributed by atoms with E-state index in [2.05, 4.69) is 11.9 Å². The fourth-order valence-corrected chi connectivity index (χ4v) is 2.90. The largest absolute Gasteiger partial charge is 0.319 e. The molecule has 1 aromatic heterocycles. The third-order valence-electron chi connectivity index (χ3n) is 2.79. The Bertz CT molecular complexity index is 287. The molecule has 0 radical (unpaired) electrons. The summed E-state index contributed by atoms with van der Waals surface area (Å²) < 4.78 is 0. The summed E-state index contributed by atoms with van der Waals surface area (Å²) in [7, 11) is 0. The Kier molecular flexibility index (Phi) is 2.39. The highest BCUT2D eigenvalue weighted by Crippen LogP contribution is 2.36. The van der Waals surface area contributed by atoms with Crippen molar-refractivity contribution in [3.63, 3.8) is 0 Å². The molecule has 0 bridgehead atoms. The van der Waals surface area contributed by atoms with E-state index in [0.29, 0.717) is 0 Å². The van der Waals surface area contributed by atoms with Gasteiger partial charge >= 0.3 is 0 Å². The van der Waals surface area contributed by atoms with E-state index in [4.69, 9.17) is 5.73 Å². The van der Waals surface area contributed by atoms with Crippen molar-refractivity contribution in [1.29, 1.82) is 0 Å². The molecule has 0 spiro atoms. The zero-order chi connectivity index (χ0) is 9.31. The zero-order valence-electron chi connectivity index (χ0n) is 8.05. The van der Waals surface area contributed by atoms with Gasteiger partial charge in [-0.3, -0.25) is 0 Å². The first-order valence-electron chi connectivity index (χ1n) is 4.92. The van der Waals surface area contributed by atoms with Crippen LogP contribution in [0.25, 0.3) is 0 Å². The molecule has 2 nitrogen and oxygen atoms in total. The van der Waals surface area contributed by atoms with Crippen molar-refractivity contribution < 1.29 is 0 Å². The first-order valence-corrected chi connectivity index (χ1v) is 5.74. The number of thiazole rings is 1. The molecule has 0 unspecified atom stereocenters. The summed E-state index contributed by atoms with van der Waals surface area (Å²) in [4.78, 5) is 5.67. The number of nitrogens with two attached hydrogens (primary N) is 1. The first-order chi connectivity index (χ1) is 6.21. The van der Waals surface area contributed by atoms with Gasteiger partial charge in [0.2, 0.25) is 0 Å². The highest BCUT2D eigenvalue weighted by atomic mass is 32.1. The van der Waals surface area contributed by atoms with Crippen LogP contribution in [0.5, 0.6) is 0 Å². The predicted octanol–water partition coefficient (Wildman–Crippen LogP) is 2.57. The highest BCUT2D eigenvalue weighted by molar-refractivity contribution is 7.11. The van der Waals surface area contributed by atoms with Crippen LogP contribution in [0, 0.1) is 6.92 Å². The predicted molar refractivity (Wildman–Crippen MR) is 55.8 cm³/mol. The van der Waals surface area contributed by atoms with E-state index in [1.54, 1.807) is 11.3 Å². The van der Waals surface area contributed by atoms with Gasteiger partial charge in [0.05, 0.1) is 5.54 Å². The second-order valence-electron chi connectivity index (χ2n) is 3.99. The molecule has 2 rings (SSSR count). The SMILES string of the molecule is Cc1cnc(C2(N)CCCCC2)s1. The summed E-state index contributed by atoms with van der Waals surface area (Å²) in [5.74, 6) is 0. The zero-order valence-corrected chi connectivity index (χ0v) is 8.86. The first kappa shape index (κ1) is 9.16. The lowest BCUT2D eigenvalue weighted by atomic mass is 9.83. The number of hydrogen-bond acceptors (Lipinski definition) is 3. The molecule has 72 valence electrons. The molecule has 0 saturated heterocycles. The Morgan fingerprint density at radius 3 is 2.62 bits per heavy atom. The van der Waals surface area contributed by atoms with Crippen LogP contribution in [-0.4, -0.2) is 4.98 Å². The minimum atomic E-state index is -0.100. The van der Waals surface area contributed by atoms with Crippen LogP contribution < -0.4 is 5.73 Å². The van der Waals surface area contributed by atoms with Crippen molar-refractivity contribution in [2.24, 2.45) is 5.73 Å². The lowest BCUT2D eigenvalue weighted by Gasteiger charge is -2.31. The fraction of sp³-hybridized carbons (Fsp3) is 0.700. The summed E-state index contributed by atoms with van der Waals surface area (Å²) >= 11 is 1.76. The van der Waals surface area contributed by atoms with Gasteiger partial charge in [-0.25, -0.2) is 4.98 Å². The van der Waals surface area contributed by atoms with Crippen LogP contribution in [0.2, 0.25) is 0 Å². The Balaban J connectivity index is 2.22. The maximum absolute atomic E-state index is 6.34. The molecule has 0 atom stereocenters. The van der Waals surface area contributed by atoms with Gasteiger partial charge in [0.25, 0.3) is 0 Å². The standard InChI is InChI=1S/C10H16N2S/c1-8-7-12-9(13-8)10(11)5-3-2-4-6-10/h7H,2-6,11H2,1H3. The summed E-state index contributed by atoms with van der Waals surface area (Å²) in [5, 5.41) is 1.14. The van der Waals surface area contributed by atoms with Gasteiger partial charge in [-0.1, -0.05) is 19.3 Å². The van der Waals surface area contributed by atoms with Crippen molar-refractivity contribution in [3.8, 4) is 0 Å². The summed E-state index contributed by atoms with van der Waals surface area (Å²) in [6, 6.07) is 0. The van der Waals surface area contributed by atoms with Crippen molar-refractivity contribution in [3.05, 3.63) is 16.1 Å². The van der Waals surface area contributed by atoms with E-state index in [-0.39, 0.29) is 5.54 Å². The number of aryl methyl sites for hydroxylation is 1. The average Bonchev–Trinajstić information content (AvgIpc) is 2.54. The smallest absolute Gasteiger partial charge is 0.113 e. The minimum absolute atomic E-state index is 0.100. The quantitative estimate of drug-likeness (QED) is 0.749. The number of aromatic nitrogens is 1. The van der Waals surface area contributed by atoms with Crippen LogP contribution in [0.1, 0.15) is 42.0 Å². The van der Waals surface area contributed by atoms with E-state index >= 15 is 0 Å². The summed E-state index contributed by atoms with van der Waals surface area (Å²) in [5.41, 5.74) is 6.24. The van der Waals surface area contributed by atoms with E-state index in [9.17, 15) is 0 Å².